The molecular formula is C11H11NO4Zn. The van der Waals surface area contributed by atoms with E-state index in [1.54, 1.807) is 20.8 Å². The van der Waals surface area contributed by atoms with Crippen molar-refractivity contribution < 1.29 is 39.3 Å². The summed E-state index contributed by atoms with van der Waals surface area (Å²) in [4.78, 5) is 25.2. The van der Waals surface area contributed by atoms with Crippen LogP contribution in [0.25, 0.3) is 0 Å². The number of aromatic carboxylic acids is 2. The summed E-state index contributed by atoms with van der Waals surface area (Å²) in [5.74, 6) is -3.18. The topological polar surface area (TPSA) is 93.2 Å². The third-order valence-corrected chi connectivity index (χ3v) is 2.16. The summed E-state index contributed by atoms with van der Waals surface area (Å²) in [5.41, 5.74) is -1.15. The minimum Gasteiger partial charge on any atom is -0.545 e. The number of pyridine rings is 1. The van der Waals surface area contributed by atoms with Gasteiger partial charge in [-0.05, 0) is 17.0 Å². The van der Waals surface area contributed by atoms with Crippen LogP contribution in [0.15, 0.2) is 12.3 Å². The Morgan fingerprint density at radius 2 is 1.71 bits per heavy atom. The molecule has 1 aromatic heterocycles. The summed E-state index contributed by atoms with van der Waals surface area (Å²) in [7, 11) is 0. The number of hydrogen-bond donors (Lipinski definition) is 0. The van der Waals surface area contributed by atoms with Gasteiger partial charge in [0.15, 0.2) is 0 Å². The molecule has 0 N–H and O–H groups in total. The van der Waals surface area contributed by atoms with Gasteiger partial charge in [0.2, 0.25) is 0 Å². The van der Waals surface area contributed by atoms with Gasteiger partial charge in [0, 0.05) is 11.8 Å². The molecule has 0 saturated carbocycles. The van der Waals surface area contributed by atoms with Crippen LogP contribution in [-0.2, 0) is 24.9 Å². The Morgan fingerprint density at radius 1 is 1.18 bits per heavy atom. The van der Waals surface area contributed by atoms with Crippen molar-refractivity contribution in [1.82, 2.24) is 4.98 Å². The van der Waals surface area contributed by atoms with Crippen LogP contribution < -0.4 is 10.2 Å². The number of carbonyl (C=O) groups is 2. The summed E-state index contributed by atoms with van der Waals surface area (Å²) in [6, 6.07) is 1.47. The van der Waals surface area contributed by atoms with Gasteiger partial charge in [-0.15, -0.1) is 0 Å². The van der Waals surface area contributed by atoms with Crippen LogP contribution in [0, 0.1) is 0 Å². The predicted molar refractivity (Wildman–Crippen MR) is 51.6 cm³/mol. The average molecular weight is 287 g/mol. The summed E-state index contributed by atoms with van der Waals surface area (Å²) < 4.78 is 0. The Bertz CT molecular complexity index is 451. The van der Waals surface area contributed by atoms with E-state index >= 15 is 0 Å². The van der Waals surface area contributed by atoms with Gasteiger partial charge >= 0.3 is 19.5 Å². The molecule has 0 aromatic carbocycles. The maximum Gasteiger partial charge on any atom is 2.00 e. The molecule has 0 aliphatic heterocycles. The van der Waals surface area contributed by atoms with Crippen molar-refractivity contribution in [3.8, 4) is 0 Å². The first-order valence-electron chi connectivity index (χ1n) is 4.67. The Hall–Kier alpha value is -1.29. The summed E-state index contributed by atoms with van der Waals surface area (Å²) >= 11 is 0. The standard InChI is InChI=1S/C11H13NO4.Zn/c1-11(2,3)6-4-5-12-8(10(15)16)7(6)9(13)14;/h4-5H,1-3H3,(H,13,14)(H,15,16);/q;+2/p-2. The number of rotatable bonds is 2. The number of hydrogen-bond acceptors (Lipinski definition) is 5. The molecule has 17 heavy (non-hydrogen) atoms. The molecule has 1 rings (SSSR count). The molecule has 0 saturated heterocycles. The fourth-order valence-electron chi connectivity index (χ4n) is 1.45. The van der Waals surface area contributed by atoms with Crippen LogP contribution in [0.1, 0.15) is 47.2 Å². The fraction of sp³-hybridized carbons (Fsp3) is 0.364. The van der Waals surface area contributed by atoms with Crippen molar-refractivity contribution in [1.29, 1.82) is 0 Å². The molecule has 0 unspecified atom stereocenters. The summed E-state index contributed by atoms with van der Waals surface area (Å²) in [5, 5.41) is 21.7. The van der Waals surface area contributed by atoms with E-state index in [2.05, 4.69) is 4.98 Å². The van der Waals surface area contributed by atoms with Gasteiger partial charge in [0.05, 0.1) is 17.6 Å². The number of carboxylic acids is 2. The number of carbonyl (C=O) groups excluding carboxylic acids is 2. The van der Waals surface area contributed by atoms with E-state index in [0.717, 1.165) is 0 Å². The van der Waals surface area contributed by atoms with E-state index < -0.39 is 28.6 Å². The number of nitrogens with zero attached hydrogens (tertiary/aromatic N) is 1. The zero-order valence-electron chi connectivity index (χ0n) is 9.94. The molecule has 0 amide bonds. The third kappa shape index (κ3) is 3.33. The molecule has 0 radical (unpaired) electrons. The molecule has 0 atom stereocenters. The Morgan fingerprint density at radius 3 is 2.06 bits per heavy atom. The van der Waals surface area contributed by atoms with E-state index in [-0.39, 0.29) is 19.5 Å². The molecule has 86 valence electrons. The largest absolute Gasteiger partial charge is 2.00 e. The van der Waals surface area contributed by atoms with Crippen molar-refractivity contribution in [2.24, 2.45) is 0 Å². The van der Waals surface area contributed by atoms with Crippen molar-refractivity contribution in [2.75, 3.05) is 0 Å². The van der Waals surface area contributed by atoms with Crippen molar-refractivity contribution in [2.45, 2.75) is 26.2 Å². The van der Waals surface area contributed by atoms with Gasteiger partial charge in [-0.1, -0.05) is 20.8 Å². The second-order valence-corrected chi connectivity index (χ2v) is 4.41. The van der Waals surface area contributed by atoms with Crippen LogP contribution in [0.2, 0.25) is 0 Å². The van der Waals surface area contributed by atoms with E-state index in [1.807, 2.05) is 0 Å². The molecule has 1 heterocycles. The monoisotopic (exact) mass is 285 g/mol. The smallest absolute Gasteiger partial charge is 0.545 e. The number of aromatic nitrogens is 1. The maximum absolute atomic E-state index is 11.0. The first-order valence-corrected chi connectivity index (χ1v) is 4.67. The Kier molecular flexibility index (Phi) is 4.96. The fourth-order valence-corrected chi connectivity index (χ4v) is 1.45. The van der Waals surface area contributed by atoms with Crippen LogP contribution >= 0.6 is 0 Å². The molecular weight excluding hydrogens is 276 g/mol. The van der Waals surface area contributed by atoms with Gasteiger partial charge in [0.1, 0.15) is 0 Å². The quantitative estimate of drug-likeness (QED) is 0.657. The molecule has 0 aliphatic rings. The van der Waals surface area contributed by atoms with Gasteiger partial charge in [-0.25, -0.2) is 0 Å². The van der Waals surface area contributed by atoms with Crippen LogP contribution in [0.4, 0.5) is 0 Å². The van der Waals surface area contributed by atoms with E-state index in [1.165, 1.54) is 12.3 Å². The summed E-state index contributed by atoms with van der Waals surface area (Å²) in [6.45, 7) is 5.31. The molecule has 6 heteroatoms. The normalized spacial score (nSPS) is 10.5. The van der Waals surface area contributed by atoms with E-state index in [4.69, 9.17) is 0 Å². The van der Waals surface area contributed by atoms with Crippen molar-refractivity contribution in [3.63, 3.8) is 0 Å². The minimum atomic E-state index is -1.62. The van der Waals surface area contributed by atoms with Crippen molar-refractivity contribution in [3.05, 3.63) is 29.1 Å². The number of carboxylic acid groups (broad SMARTS) is 2. The SMILES string of the molecule is CC(C)(C)c1ccnc(C(=O)[O-])c1C(=O)[O-].[Zn+2]. The van der Waals surface area contributed by atoms with Gasteiger partial charge in [0.25, 0.3) is 0 Å². The van der Waals surface area contributed by atoms with Crippen LogP contribution in [0.5, 0.6) is 0 Å². The third-order valence-electron chi connectivity index (χ3n) is 2.16. The molecule has 1 aromatic rings. The van der Waals surface area contributed by atoms with Crippen molar-refractivity contribution >= 4 is 11.9 Å². The van der Waals surface area contributed by atoms with E-state index in [0.29, 0.717) is 5.56 Å². The minimum absolute atomic E-state index is 0. The van der Waals surface area contributed by atoms with Gasteiger partial charge in [-0.2, -0.15) is 0 Å². The second-order valence-electron chi connectivity index (χ2n) is 4.41. The summed E-state index contributed by atoms with van der Waals surface area (Å²) in [6.07, 6.45) is 1.25. The second kappa shape index (κ2) is 5.36. The molecule has 0 aliphatic carbocycles. The zero-order chi connectivity index (χ0) is 12.5. The molecule has 0 spiro atoms. The Balaban J connectivity index is 0.00000256. The molecule has 5 nitrogen and oxygen atoms in total. The maximum atomic E-state index is 11.0. The van der Waals surface area contributed by atoms with Gasteiger partial charge < -0.3 is 19.8 Å². The zero-order valence-corrected chi connectivity index (χ0v) is 12.9. The van der Waals surface area contributed by atoms with Gasteiger partial charge in [-0.3, -0.25) is 4.98 Å². The average Bonchev–Trinajstić information content (AvgIpc) is 2.14. The Labute approximate surface area is 112 Å². The van der Waals surface area contributed by atoms with Crippen LogP contribution in [0.3, 0.4) is 0 Å². The molecule has 0 fully saturated rings. The first kappa shape index (κ1) is 15.7. The molecule has 0 bridgehead atoms. The van der Waals surface area contributed by atoms with Crippen LogP contribution in [-0.4, -0.2) is 16.9 Å². The van der Waals surface area contributed by atoms with E-state index in [9.17, 15) is 19.8 Å². The first-order chi connectivity index (χ1) is 7.25. The predicted octanol–water partition coefficient (Wildman–Crippen LogP) is -0.896.